The Morgan fingerprint density at radius 2 is 1.93 bits per heavy atom. The van der Waals surface area contributed by atoms with Gasteiger partial charge in [0.1, 0.15) is 16.4 Å². The van der Waals surface area contributed by atoms with Crippen molar-refractivity contribution < 1.29 is 9.15 Å². The monoisotopic (exact) mass is 392 g/mol. The first kappa shape index (κ1) is 16.1. The molecule has 0 radical (unpaired) electrons. The molecule has 0 amide bonds. The number of aryl methyl sites for hydroxylation is 1. The molecule has 8 heteroatoms. The van der Waals surface area contributed by atoms with Gasteiger partial charge in [0, 0.05) is 21.4 Å². The van der Waals surface area contributed by atoms with E-state index in [0.29, 0.717) is 23.3 Å². The van der Waals surface area contributed by atoms with Gasteiger partial charge in [0.2, 0.25) is 18.2 Å². The highest BCUT2D eigenvalue weighted by molar-refractivity contribution is 7.18. The van der Waals surface area contributed by atoms with Crippen LogP contribution < -0.4 is 4.74 Å². The summed E-state index contributed by atoms with van der Waals surface area (Å²) < 4.78 is 11.4. The number of ether oxygens (including phenoxy) is 1. The Kier molecular flexibility index (Phi) is 3.92. The second kappa shape index (κ2) is 6.57. The van der Waals surface area contributed by atoms with Crippen molar-refractivity contribution >= 4 is 32.9 Å². The van der Waals surface area contributed by atoms with Crippen LogP contribution in [0.25, 0.3) is 32.1 Å². The zero-order valence-electron chi connectivity index (χ0n) is 14.1. The molecule has 132 valence electrons. The summed E-state index contributed by atoms with van der Waals surface area (Å²) in [6.07, 6.45) is 1.31. The lowest BCUT2D eigenvalue weighted by Gasteiger charge is -2.08. The average Bonchev–Trinajstić information content (AvgIpc) is 3.43. The summed E-state index contributed by atoms with van der Waals surface area (Å²) in [7, 11) is 0. The van der Waals surface area contributed by atoms with Crippen molar-refractivity contribution in [1.82, 2.24) is 20.2 Å². The summed E-state index contributed by atoms with van der Waals surface area (Å²) in [5, 5.41) is 12.7. The van der Waals surface area contributed by atoms with Gasteiger partial charge < -0.3 is 9.15 Å². The molecule has 0 aliphatic carbocycles. The minimum absolute atomic E-state index is 0.472. The highest BCUT2D eigenvalue weighted by Crippen LogP contribution is 2.41. The number of fused-ring (bicyclic) bond motifs is 1. The van der Waals surface area contributed by atoms with Gasteiger partial charge in [-0.15, -0.1) is 32.9 Å². The van der Waals surface area contributed by atoms with Crippen molar-refractivity contribution in [3.05, 3.63) is 59.4 Å². The Morgan fingerprint density at radius 1 is 1.04 bits per heavy atom. The third kappa shape index (κ3) is 2.98. The van der Waals surface area contributed by atoms with E-state index in [2.05, 4.69) is 37.0 Å². The summed E-state index contributed by atoms with van der Waals surface area (Å²) in [6.45, 7) is 1.87. The van der Waals surface area contributed by atoms with Gasteiger partial charge in [-0.2, -0.15) is 4.98 Å². The molecule has 5 rings (SSSR count). The molecule has 0 unspecified atom stereocenters. The number of nitrogens with zero attached hydrogens (tertiary/aromatic N) is 4. The molecule has 4 aromatic heterocycles. The third-order valence-electron chi connectivity index (χ3n) is 3.97. The summed E-state index contributed by atoms with van der Waals surface area (Å²) >= 11 is 3.29. The Balaban J connectivity index is 1.55. The zero-order chi connectivity index (χ0) is 18.2. The Bertz CT molecular complexity index is 1200. The van der Waals surface area contributed by atoms with Crippen molar-refractivity contribution in [2.24, 2.45) is 0 Å². The maximum absolute atomic E-state index is 6.14. The molecule has 4 heterocycles. The SMILES string of the molecule is Cc1nc(Oc2ccc(-c3nnco3)cc2)c2c(-c3cccs3)csc2n1. The first-order valence-electron chi connectivity index (χ1n) is 8.12. The van der Waals surface area contributed by atoms with Crippen molar-refractivity contribution in [2.75, 3.05) is 0 Å². The van der Waals surface area contributed by atoms with Crippen LogP contribution in [0.15, 0.2) is 58.0 Å². The van der Waals surface area contributed by atoms with Crippen molar-refractivity contribution in [3.8, 4) is 33.5 Å². The van der Waals surface area contributed by atoms with Crippen LogP contribution in [0.1, 0.15) is 5.82 Å². The second-order valence-corrected chi connectivity index (χ2v) is 7.56. The minimum Gasteiger partial charge on any atom is -0.438 e. The topological polar surface area (TPSA) is 73.9 Å². The first-order chi connectivity index (χ1) is 13.3. The first-order valence-corrected chi connectivity index (χ1v) is 9.88. The van der Waals surface area contributed by atoms with Crippen molar-refractivity contribution in [3.63, 3.8) is 0 Å². The molecule has 0 spiro atoms. The van der Waals surface area contributed by atoms with Crippen LogP contribution in [-0.4, -0.2) is 20.2 Å². The molecule has 0 N–H and O–H groups in total. The number of thiophene rings is 2. The average molecular weight is 392 g/mol. The fourth-order valence-electron chi connectivity index (χ4n) is 2.77. The van der Waals surface area contributed by atoms with Gasteiger partial charge in [0.15, 0.2) is 0 Å². The lowest BCUT2D eigenvalue weighted by molar-refractivity contribution is 0.467. The molecule has 0 fully saturated rings. The van der Waals surface area contributed by atoms with E-state index in [9.17, 15) is 0 Å². The van der Waals surface area contributed by atoms with Crippen LogP contribution in [-0.2, 0) is 0 Å². The van der Waals surface area contributed by atoms with E-state index in [1.165, 1.54) is 11.3 Å². The van der Waals surface area contributed by atoms with Gasteiger partial charge in [-0.05, 0) is 42.6 Å². The van der Waals surface area contributed by atoms with E-state index in [1.807, 2.05) is 37.3 Å². The van der Waals surface area contributed by atoms with E-state index in [4.69, 9.17) is 9.15 Å². The highest BCUT2D eigenvalue weighted by Gasteiger charge is 2.17. The quantitative estimate of drug-likeness (QED) is 0.398. The van der Waals surface area contributed by atoms with Crippen LogP contribution >= 0.6 is 22.7 Å². The zero-order valence-corrected chi connectivity index (χ0v) is 15.8. The maximum atomic E-state index is 6.14. The molecule has 5 aromatic rings. The lowest BCUT2D eigenvalue weighted by Crippen LogP contribution is -1.94. The predicted octanol–water partition coefficient (Wildman–Crippen LogP) is 5.57. The molecular formula is C19H12N4O2S2. The van der Waals surface area contributed by atoms with Crippen LogP contribution in [0.4, 0.5) is 0 Å². The second-order valence-electron chi connectivity index (χ2n) is 5.75. The predicted molar refractivity (Wildman–Crippen MR) is 105 cm³/mol. The largest absolute Gasteiger partial charge is 0.438 e. The molecule has 0 atom stereocenters. The number of hydrogen-bond acceptors (Lipinski definition) is 8. The van der Waals surface area contributed by atoms with Crippen molar-refractivity contribution in [2.45, 2.75) is 6.92 Å². The van der Waals surface area contributed by atoms with Gasteiger partial charge in [0.05, 0.1) is 5.39 Å². The molecule has 1 aromatic carbocycles. The number of aromatic nitrogens is 4. The normalized spacial score (nSPS) is 11.1. The molecule has 0 aliphatic heterocycles. The summed E-state index contributed by atoms with van der Waals surface area (Å²) in [4.78, 5) is 11.2. The minimum atomic E-state index is 0.472. The van der Waals surface area contributed by atoms with E-state index >= 15 is 0 Å². The van der Waals surface area contributed by atoms with Gasteiger partial charge in [-0.1, -0.05) is 6.07 Å². The summed E-state index contributed by atoms with van der Waals surface area (Å²) in [5.74, 6) is 2.40. The molecule has 0 aliphatic rings. The van der Waals surface area contributed by atoms with E-state index in [-0.39, 0.29) is 0 Å². The van der Waals surface area contributed by atoms with E-state index in [0.717, 1.165) is 21.3 Å². The molecule has 0 saturated carbocycles. The number of benzene rings is 1. The van der Waals surface area contributed by atoms with E-state index in [1.54, 1.807) is 22.7 Å². The smallest absolute Gasteiger partial charge is 0.247 e. The molecule has 0 saturated heterocycles. The van der Waals surface area contributed by atoms with Gasteiger partial charge in [-0.3, -0.25) is 0 Å². The van der Waals surface area contributed by atoms with Gasteiger partial charge >= 0.3 is 0 Å². The highest BCUT2D eigenvalue weighted by atomic mass is 32.1. The summed E-state index contributed by atoms with van der Waals surface area (Å²) in [6, 6.07) is 11.6. The fraction of sp³-hybridized carbons (Fsp3) is 0.0526. The molecule has 0 bridgehead atoms. The molecular weight excluding hydrogens is 380 g/mol. The Hall–Kier alpha value is -3.10. The van der Waals surface area contributed by atoms with Gasteiger partial charge in [-0.25, -0.2) is 4.98 Å². The molecule has 27 heavy (non-hydrogen) atoms. The van der Waals surface area contributed by atoms with E-state index < -0.39 is 0 Å². The Labute approximate surface area is 162 Å². The van der Waals surface area contributed by atoms with Crippen LogP contribution in [0, 0.1) is 6.92 Å². The summed E-state index contributed by atoms with van der Waals surface area (Å²) in [5.41, 5.74) is 1.93. The van der Waals surface area contributed by atoms with Crippen LogP contribution in [0.3, 0.4) is 0 Å². The fourth-order valence-corrected chi connectivity index (χ4v) is 4.57. The Morgan fingerprint density at radius 3 is 2.67 bits per heavy atom. The van der Waals surface area contributed by atoms with Crippen LogP contribution in [0.2, 0.25) is 0 Å². The number of hydrogen-bond donors (Lipinski definition) is 0. The van der Waals surface area contributed by atoms with Crippen molar-refractivity contribution in [1.29, 1.82) is 0 Å². The third-order valence-corrected chi connectivity index (χ3v) is 5.75. The maximum Gasteiger partial charge on any atom is 0.247 e. The van der Waals surface area contributed by atoms with Crippen LogP contribution in [0.5, 0.6) is 11.6 Å². The number of rotatable bonds is 4. The lowest BCUT2D eigenvalue weighted by atomic mass is 10.2. The molecule has 6 nitrogen and oxygen atoms in total. The van der Waals surface area contributed by atoms with Gasteiger partial charge in [0.25, 0.3) is 0 Å². The standard InChI is InChI=1S/C19H12N4O2S2/c1-11-21-18(16-14(9-27-19(16)22-11)15-3-2-8-26-15)25-13-6-4-12(5-7-13)17-23-20-10-24-17/h2-10H,1H3.